The van der Waals surface area contributed by atoms with E-state index in [1.807, 2.05) is 0 Å². The van der Waals surface area contributed by atoms with Gasteiger partial charge in [0, 0.05) is 26.1 Å². The van der Waals surface area contributed by atoms with Crippen molar-refractivity contribution in [3.8, 4) is 0 Å². The molecule has 0 bridgehead atoms. The summed E-state index contributed by atoms with van der Waals surface area (Å²) in [6, 6.07) is 3.57. The molecule has 2 heterocycles. The Hall–Kier alpha value is -2.46. The first-order valence-corrected chi connectivity index (χ1v) is 17.0. The molecule has 5 amide bonds. The van der Waals surface area contributed by atoms with Gasteiger partial charge in [-0.1, -0.05) is 47.9 Å². The van der Waals surface area contributed by atoms with E-state index in [9.17, 15) is 24.0 Å². The Morgan fingerprint density at radius 3 is 2.00 bits per heavy atom. The number of benzene rings is 1. The Bertz CT molecular complexity index is 1120. The second-order valence-corrected chi connectivity index (χ2v) is 11.7. The Kier molecular flexibility index (Phi) is 16.8. The number of imide groups is 2. The minimum Gasteiger partial charge on any atom is -0.379 e. The van der Waals surface area contributed by atoms with Crippen molar-refractivity contribution in [2.75, 3.05) is 62.6 Å². The number of alkyl halides is 1. The maximum atomic E-state index is 13.1. The zero-order valence-corrected chi connectivity index (χ0v) is 27.4. The number of nitrogens with zero attached hydrogens (tertiary/aromatic N) is 1. The van der Waals surface area contributed by atoms with Crippen LogP contribution in [0.2, 0.25) is 0 Å². The van der Waals surface area contributed by atoms with E-state index in [0.717, 1.165) is 30.8 Å². The van der Waals surface area contributed by atoms with Gasteiger partial charge in [0.15, 0.2) is 0 Å². The SMILES string of the molecule is O=C1CCC(N2C(=O)c3cccc(NC(=O)CCCCCOCCOCCOCCOCCCCCCI)c3C2=O)C(=O)N1. The highest BCUT2D eigenvalue weighted by Gasteiger charge is 2.45. The number of ether oxygens (including phenoxy) is 4. The first-order chi connectivity index (χ1) is 21.4. The number of unbranched alkanes of at least 4 members (excludes halogenated alkanes) is 5. The van der Waals surface area contributed by atoms with Crippen LogP contribution in [0.4, 0.5) is 5.69 Å². The van der Waals surface area contributed by atoms with Crippen molar-refractivity contribution >= 4 is 57.8 Å². The van der Waals surface area contributed by atoms with Crippen LogP contribution < -0.4 is 10.6 Å². The molecule has 1 aromatic carbocycles. The van der Waals surface area contributed by atoms with Gasteiger partial charge in [-0.25, -0.2) is 0 Å². The van der Waals surface area contributed by atoms with Crippen LogP contribution >= 0.6 is 22.6 Å². The summed E-state index contributed by atoms with van der Waals surface area (Å²) in [6.07, 6.45) is 7.45. The fraction of sp³-hybridized carbons (Fsp3) is 0.645. The van der Waals surface area contributed by atoms with Crippen LogP contribution in [0.25, 0.3) is 0 Å². The second-order valence-electron chi connectivity index (χ2n) is 10.6. The van der Waals surface area contributed by atoms with Crippen molar-refractivity contribution in [1.82, 2.24) is 10.2 Å². The van der Waals surface area contributed by atoms with Gasteiger partial charge in [0.1, 0.15) is 6.04 Å². The number of carbonyl (C=O) groups excluding carboxylic acids is 5. The van der Waals surface area contributed by atoms with Crippen LogP contribution in [0.5, 0.6) is 0 Å². The molecule has 44 heavy (non-hydrogen) atoms. The van der Waals surface area contributed by atoms with Crippen LogP contribution in [0.15, 0.2) is 18.2 Å². The van der Waals surface area contributed by atoms with Crippen LogP contribution in [-0.2, 0) is 33.3 Å². The zero-order chi connectivity index (χ0) is 31.6. The highest BCUT2D eigenvalue weighted by Crippen LogP contribution is 2.32. The summed E-state index contributed by atoms with van der Waals surface area (Å²) in [7, 11) is 0. The lowest BCUT2D eigenvalue weighted by atomic mass is 10.0. The van der Waals surface area contributed by atoms with E-state index in [4.69, 9.17) is 18.9 Å². The van der Waals surface area contributed by atoms with E-state index in [1.165, 1.54) is 29.8 Å². The van der Waals surface area contributed by atoms with Gasteiger partial charge in [-0.3, -0.25) is 34.2 Å². The number of anilines is 1. The molecule has 1 unspecified atom stereocenters. The van der Waals surface area contributed by atoms with Gasteiger partial charge in [0.05, 0.1) is 56.5 Å². The predicted molar refractivity (Wildman–Crippen MR) is 171 cm³/mol. The van der Waals surface area contributed by atoms with Crippen LogP contribution in [0.1, 0.15) is 84.9 Å². The van der Waals surface area contributed by atoms with Crippen molar-refractivity contribution in [1.29, 1.82) is 0 Å². The molecule has 0 spiro atoms. The smallest absolute Gasteiger partial charge is 0.264 e. The number of rotatable bonds is 23. The molecule has 0 aromatic heterocycles. The molecule has 3 rings (SSSR count). The average molecular weight is 730 g/mol. The van der Waals surface area contributed by atoms with Gasteiger partial charge >= 0.3 is 0 Å². The number of fused-ring (bicyclic) bond motifs is 1. The highest BCUT2D eigenvalue weighted by atomic mass is 127. The fourth-order valence-electron chi connectivity index (χ4n) is 4.91. The first-order valence-electron chi connectivity index (χ1n) is 15.5. The molecule has 1 saturated heterocycles. The zero-order valence-electron chi connectivity index (χ0n) is 25.2. The minimum atomic E-state index is -1.06. The number of hydrogen-bond donors (Lipinski definition) is 2. The molecule has 1 fully saturated rings. The van der Waals surface area contributed by atoms with Crippen LogP contribution in [0, 0.1) is 0 Å². The molecule has 12 nitrogen and oxygen atoms in total. The number of amides is 5. The van der Waals surface area contributed by atoms with Crippen molar-refractivity contribution in [3.63, 3.8) is 0 Å². The lowest BCUT2D eigenvalue weighted by Gasteiger charge is -2.27. The summed E-state index contributed by atoms with van der Waals surface area (Å²) >= 11 is 2.40. The van der Waals surface area contributed by atoms with Crippen LogP contribution in [-0.4, -0.2) is 97.8 Å². The monoisotopic (exact) mass is 729 g/mol. The maximum absolute atomic E-state index is 13.1. The van der Waals surface area contributed by atoms with Crippen molar-refractivity contribution in [3.05, 3.63) is 29.3 Å². The molecule has 1 atom stereocenters. The predicted octanol–water partition coefficient (Wildman–Crippen LogP) is 3.65. The number of halogens is 1. The summed E-state index contributed by atoms with van der Waals surface area (Å²) in [5, 5.41) is 4.91. The molecule has 0 radical (unpaired) electrons. The number of piperidine rings is 1. The van der Waals surface area contributed by atoms with E-state index >= 15 is 0 Å². The normalized spacial score (nSPS) is 16.4. The quantitative estimate of drug-likeness (QED) is 0.0746. The summed E-state index contributed by atoms with van der Waals surface area (Å²) in [4.78, 5) is 63.3. The Labute approximate surface area is 272 Å². The Morgan fingerprint density at radius 2 is 1.39 bits per heavy atom. The molecule has 13 heteroatoms. The first kappa shape index (κ1) is 36.0. The lowest BCUT2D eigenvalue weighted by Crippen LogP contribution is -2.54. The molecular weight excluding hydrogens is 685 g/mol. The van der Waals surface area contributed by atoms with Crippen LogP contribution in [0.3, 0.4) is 0 Å². The second kappa shape index (κ2) is 20.5. The third-order valence-corrected chi connectivity index (χ3v) is 7.99. The Balaban J connectivity index is 1.19. The van der Waals surface area contributed by atoms with E-state index in [1.54, 1.807) is 12.1 Å². The van der Waals surface area contributed by atoms with E-state index in [2.05, 4.69) is 33.2 Å². The maximum Gasteiger partial charge on any atom is 0.264 e. The van der Waals surface area contributed by atoms with Crippen molar-refractivity contribution < 1.29 is 42.9 Å². The molecule has 2 N–H and O–H groups in total. The number of hydrogen-bond acceptors (Lipinski definition) is 9. The molecule has 1 aromatic rings. The Morgan fingerprint density at radius 1 is 0.795 bits per heavy atom. The largest absolute Gasteiger partial charge is 0.379 e. The molecule has 0 aliphatic carbocycles. The molecule has 2 aliphatic heterocycles. The third kappa shape index (κ3) is 11.8. The van der Waals surface area contributed by atoms with Gasteiger partial charge in [0.2, 0.25) is 17.7 Å². The number of nitrogens with one attached hydrogen (secondary N) is 2. The third-order valence-electron chi connectivity index (χ3n) is 7.22. The number of carbonyl (C=O) groups is 5. The summed E-state index contributed by atoms with van der Waals surface area (Å²) in [6.45, 7) is 4.55. The molecular formula is C31H44IN3O9. The van der Waals surface area contributed by atoms with Crippen molar-refractivity contribution in [2.45, 2.75) is 70.3 Å². The van der Waals surface area contributed by atoms with Gasteiger partial charge in [-0.15, -0.1) is 0 Å². The van der Waals surface area contributed by atoms with Gasteiger partial charge in [0.25, 0.3) is 11.8 Å². The minimum absolute atomic E-state index is 0.0392. The lowest BCUT2D eigenvalue weighted by molar-refractivity contribution is -0.136. The topological polar surface area (TPSA) is 150 Å². The average Bonchev–Trinajstić information content (AvgIpc) is 3.26. The van der Waals surface area contributed by atoms with Gasteiger partial charge in [-0.05, 0) is 48.7 Å². The highest BCUT2D eigenvalue weighted by molar-refractivity contribution is 14.1. The summed E-state index contributed by atoms with van der Waals surface area (Å²) in [5.41, 5.74) is 0.421. The standard InChI is InChI=1S/C31H44IN3O9/c32-14-5-1-2-6-15-41-17-19-43-21-22-44-20-18-42-16-7-3-4-11-26(36)33-24-10-8-9-23-28(24)31(40)35(30(23)39)25-12-13-27(37)34-29(25)38/h8-10,25H,1-7,11-22H2,(H,33,36)(H,34,37,38). The molecule has 0 saturated carbocycles. The van der Waals surface area contributed by atoms with Gasteiger partial charge in [-0.2, -0.15) is 0 Å². The summed E-state index contributed by atoms with van der Waals surface area (Å²) < 4.78 is 23.3. The fourth-order valence-corrected chi connectivity index (χ4v) is 5.45. The molecule has 2 aliphatic rings. The molecule has 244 valence electrons. The van der Waals surface area contributed by atoms with E-state index < -0.39 is 29.7 Å². The van der Waals surface area contributed by atoms with E-state index in [0.29, 0.717) is 52.7 Å². The van der Waals surface area contributed by atoms with Gasteiger partial charge < -0.3 is 24.3 Å². The summed E-state index contributed by atoms with van der Waals surface area (Å²) in [5.74, 6) is -2.66. The van der Waals surface area contributed by atoms with Crippen molar-refractivity contribution in [2.24, 2.45) is 0 Å². The van der Waals surface area contributed by atoms with E-state index in [-0.39, 0.29) is 42.0 Å².